The van der Waals surface area contributed by atoms with Crippen molar-refractivity contribution in [1.82, 2.24) is 9.78 Å². The van der Waals surface area contributed by atoms with Gasteiger partial charge in [-0.1, -0.05) is 12.1 Å². The van der Waals surface area contributed by atoms with Crippen LogP contribution < -0.4 is 11.3 Å². The molecule has 2 rings (SSSR count). The monoisotopic (exact) mass is 261 g/mol. The third kappa shape index (κ3) is 2.55. The summed E-state index contributed by atoms with van der Waals surface area (Å²) in [5.41, 5.74) is 5.31. The molecular formula is C12H15N5O2. The van der Waals surface area contributed by atoms with Gasteiger partial charge in [0.25, 0.3) is 5.69 Å². The Kier molecular flexibility index (Phi) is 3.48. The highest BCUT2D eigenvalue weighted by atomic mass is 16.6. The van der Waals surface area contributed by atoms with E-state index in [1.54, 1.807) is 16.8 Å². The first-order chi connectivity index (χ1) is 9.02. The second kappa shape index (κ2) is 5.07. The number of aryl methyl sites for hydroxylation is 2. The summed E-state index contributed by atoms with van der Waals surface area (Å²) in [5, 5.41) is 15.3. The third-order valence-electron chi connectivity index (χ3n) is 2.89. The lowest BCUT2D eigenvalue weighted by atomic mass is 10.1. The molecule has 0 bridgehead atoms. The first kappa shape index (κ1) is 13.0. The first-order valence-electron chi connectivity index (χ1n) is 5.77. The maximum Gasteiger partial charge on any atom is 0.293 e. The number of nitrogens with one attached hydrogen (secondary N) is 1. The molecule has 7 heteroatoms. The molecule has 0 aliphatic carbocycles. The number of nitro groups is 1. The second-order valence-electron chi connectivity index (χ2n) is 4.30. The number of nitrogen functional groups attached to an aromatic ring is 1. The molecule has 0 saturated heterocycles. The van der Waals surface area contributed by atoms with Crippen molar-refractivity contribution >= 4 is 11.4 Å². The van der Waals surface area contributed by atoms with Gasteiger partial charge in [0.05, 0.1) is 17.2 Å². The summed E-state index contributed by atoms with van der Waals surface area (Å²) in [4.78, 5) is 10.5. The number of aromatic nitrogens is 2. The van der Waals surface area contributed by atoms with Gasteiger partial charge in [0.1, 0.15) is 5.69 Å². The summed E-state index contributed by atoms with van der Waals surface area (Å²) in [6.45, 7) is 4.27. The van der Waals surface area contributed by atoms with Gasteiger partial charge in [-0.05, 0) is 19.9 Å². The Morgan fingerprint density at radius 3 is 2.74 bits per heavy atom. The van der Waals surface area contributed by atoms with E-state index in [2.05, 4.69) is 10.5 Å². The molecule has 0 saturated carbocycles. The Bertz CT molecular complexity index is 621. The van der Waals surface area contributed by atoms with E-state index in [1.165, 1.54) is 6.07 Å². The minimum atomic E-state index is -0.458. The van der Waals surface area contributed by atoms with Crippen LogP contribution in [0.4, 0.5) is 11.4 Å². The average molecular weight is 261 g/mol. The summed E-state index contributed by atoms with van der Waals surface area (Å²) in [6.07, 6.45) is 0. The van der Waals surface area contributed by atoms with E-state index >= 15 is 0 Å². The zero-order valence-corrected chi connectivity index (χ0v) is 10.8. The number of anilines is 1. The number of hydrazine groups is 1. The zero-order valence-electron chi connectivity index (χ0n) is 10.8. The Morgan fingerprint density at radius 2 is 2.21 bits per heavy atom. The lowest BCUT2D eigenvalue weighted by Gasteiger charge is -2.10. The smallest absolute Gasteiger partial charge is 0.293 e. The number of nitrogens with two attached hydrogens (primary N) is 1. The lowest BCUT2D eigenvalue weighted by Crippen LogP contribution is -2.14. The van der Waals surface area contributed by atoms with Gasteiger partial charge < -0.3 is 5.43 Å². The van der Waals surface area contributed by atoms with E-state index in [4.69, 9.17) is 5.84 Å². The number of hydrogen-bond acceptors (Lipinski definition) is 5. The summed E-state index contributed by atoms with van der Waals surface area (Å²) in [7, 11) is 0. The maximum absolute atomic E-state index is 10.9. The molecule has 0 aliphatic heterocycles. The fourth-order valence-corrected chi connectivity index (χ4v) is 2.03. The molecule has 1 heterocycles. The molecule has 3 N–H and O–H groups in total. The van der Waals surface area contributed by atoms with Crippen LogP contribution in [0, 0.1) is 24.0 Å². The number of nitrogens with zero attached hydrogens (tertiary/aromatic N) is 3. The van der Waals surface area contributed by atoms with Gasteiger partial charge in [0.2, 0.25) is 0 Å². The normalized spacial score (nSPS) is 10.5. The number of nitro benzene ring substituents is 1. The van der Waals surface area contributed by atoms with Gasteiger partial charge in [-0.15, -0.1) is 0 Å². The van der Waals surface area contributed by atoms with E-state index in [0.29, 0.717) is 12.2 Å². The number of benzene rings is 1. The van der Waals surface area contributed by atoms with E-state index < -0.39 is 4.92 Å². The van der Waals surface area contributed by atoms with E-state index in [-0.39, 0.29) is 5.69 Å². The molecule has 1 aromatic heterocycles. The van der Waals surface area contributed by atoms with E-state index in [1.807, 2.05) is 19.9 Å². The van der Waals surface area contributed by atoms with Crippen molar-refractivity contribution in [3.05, 3.63) is 51.3 Å². The Balaban J connectivity index is 2.43. The van der Waals surface area contributed by atoms with E-state index in [9.17, 15) is 10.1 Å². The molecule has 19 heavy (non-hydrogen) atoms. The van der Waals surface area contributed by atoms with Crippen molar-refractivity contribution < 1.29 is 4.92 Å². The molecule has 7 nitrogen and oxygen atoms in total. The van der Waals surface area contributed by atoms with Gasteiger partial charge in [-0.25, -0.2) is 0 Å². The van der Waals surface area contributed by atoms with Gasteiger partial charge in [-0.3, -0.25) is 20.6 Å². The van der Waals surface area contributed by atoms with Crippen LogP contribution in [0.5, 0.6) is 0 Å². The van der Waals surface area contributed by atoms with Gasteiger partial charge in [0.15, 0.2) is 0 Å². The predicted octanol–water partition coefficient (Wildman–Crippen LogP) is 1.74. The average Bonchev–Trinajstić information content (AvgIpc) is 2.67. The molecule has 0 amide bonds. The quantitative estimate of drug-likeness (QED) is 0.496. The van der Waals surface area contributed by atoms with Crippen molar-refractivity contribution in [3.8, 4) is 0 Å². The molecule has 100 valence electrons. The first-order valence-corrected chi connectivity index (χ1v) is 5.77. The largest absolute Gasteiger partial charge is 0.318 e. The van der Waals surface area contributed by atoms with Crippen LogP contribution in [0.1, 0.15) is 17.0 Å². The highest BCUT2D eigenvalue weighted by Crippen LogP contribution is 2.28. The fourth-order valence-electron chi connectivity index (χ4n) is 2.03. The standard InChI is InChI=1S/C12H15N5O2/c1-8-6-9(2)16(15-8)7-10-4-3-5-11(17(18)19)12(10)14-13/h3-6,14H,7,13H2,1-2H3. The van der Waals surface area contributed by atoms with Crippen molar-refractivity contribution in [1.29, 1.82) is 0 Å². The van der Waals surface area contributed by atoms with Gasteiger partial charge in [0, 0.05) is 17.3 Å². The highest BCUT2D eigenvalue weighted by molar-refractivity contribution is 5.65. The molecular weight excluding hydrogens is 246 g/mol. The summed E-state index contributed by atoms with van der Waals surface area (Å²) >= 11 is 0. The summed E-state index contributed by atoms with van der Waals surface area (Å²) < 4.78 is 1.79. The minimum absolute atomic E-state index is 0.0402. The minimum Gasteiger partial charge on any atom is -0.318 e. The third-order valence-corrected chi connectivity index (χ3v) is 2.89. The highest BCUT2D eigenvalue weighted by Gasteiger charge is 2.17. The number of para-hydroxylation sites is 1. The number of hydrogen-bond donors (Lipinski definition) is 2. The Labute approximate surface area is 110 Å². The van der Waals surface area contributed by atoms with Crippen molar-refractivity contribution in [2.45, 2.75) is 20.4 Å². The second-order valence-corrected chi connectivity index (χ2v) is 4.30. The summed E-state index contributed by atoms with van der Waals surface area (Å²) in [6, 6.07) is 6.80. The Morgan fingerprint density at radius 1 is 1.47 bits per heavy atom. The molecule has 0 aliphatic rings. The van der Waals surface area contributed by atoms with Crippen molar-refractivity contribution in [2.24, 2.45) is 5.84 Å². The molecule has 2 aromatic rings. The van der Waals surface area contributed by atoms with Crippen molar-refractivity contribution in [2.75, 3.05) is 5.43 Å². The van der Waals surface area contributed by atoms with Crippen LogP contribution in [-0.4, -0.2) is 14.7 Å². The van der Waals surface area contributed by atoms with Gasteiger partial charge in [-0.2, -0.15) is 5.10 Å². The maximum atomic E-state index is 10.9. The van der Waals surface area contributed by atoms with Crippen molar-refractivity contribution in [3.63, 3.8) is 0 Å². The molecule has 0 spiro atoms. The molecule has 1 aromatic carbocycles. The molecule has 0 unspecified atom stereocenters. The van der Waals surface area contributed by atoms with Crippen LogP contribution >= 0.6 is 0 Å². The molecule has 0 fully saturated rings. The molecule has 0 atom stereocenters. The zero-order chi connectivity index (χ0) is 14.0. The predicted molar refractivity (Wildman–Crippen MR) is 71.7 cm³/mol. The van der Waals surface area contributed by atoms with Gasteiger partial charge >= 0.3 is 0 Å². The molecule has 0 radical (unpaired) electrons. The lowest BCUT2D eigenvalue weighted by molar-refractivity contribution is -0.384. The Hall–Kier alpha value is -2.41. The van der Waals surface area contributed by atoms with Crippen LogP contribution in [0.25, 0.3) is 0 Å². The van der Waals surface area contributed by atoms with Crippen LogP contribution in [0.2, 0.25) is 0 Å². The SMILES string of the molecule is Cc1cc(C)n(Cc2cccc([N+](=O)[O-])c2NN)n1. The topological polar surface area (TPSA) is 99.0 Å². The van der Waals surface area contributed by atoms with Crippen LogP contribution in [0.15, 0.2) is 24.3 Å². The fraction of sp³-hybridized carbons (Fsp3) is 0.250. The van der Waals surface area contributed by atoms with Crippen LogP contribution in [0.3, 0.4) is 0 Å². The van der Waals surface area contributed by atoms with E-state index in [0.717, 1.165) is 17.0 Å². The number of rotatable bonds is 4. The van der Waals surface area contributed by atoms with Crippen LogP contribution in [-0.2, 0) is 6.54 Å². The summed E-state index contributed by atoms with van der Waals surface area (Å²) in [5.74, 6) is 5.40.